The summed E-state index contributed by atoms with van der Waals surface area (Å²) in [4.78, 5) is 30.9. The normalized spacial score (nSPS) is 19.3. The van der Waals surface area contributed by atoms with Gasteiger partial charge in [-0.25, -0.2) is 9.50 Å². The van der Waals surface area contributed by atoms with Crippen LogP contribution in [0.15, 0.2) is 36.5 Å². The van der Waals surface area contributed by atoms with Crippen molar-refractivity contribution >= 4 is 29.1 Å². The molecule has 0 radical (unpaired) electrons. The van der Waals surface area contributed by atoms with Gasteiger partial charge >= 0.3 is 5.97 Å². The summed E-state index contributed by atoms with van der Waals surface area (Å²) >= 11 is 5.95. The maximum absolute atomic E-state index is 13.1. The van der Waals surface area contributed by atoms with Crippen molar-refractivity contribution in [3.05, 3.63) is 64.1 Å². The molecule has 4 rings (SSSR count). The molecule has 3 aromatic rings. The van der Waals surface area contributed by atoms with Crippen molar-refractivity contribution in [2.24, 2.45) is 5.92 Å². The van der Waals surface area contributed by atoms with Gasteiger partial charge in [0.25, 0.3) is 5.91 Å². The topological polar surface area (TPSA) is 87.8 Å². The summed E-state index contributed by atoms with van der Waals surface area (Å²) in [7, 11) is 0. The molecule has 28 heavy (non-hydrogen) atoms. The highest BCUT2D eigenvalue weighted by Crippen LogP contribution is 2.34. The van der Waals surface area contributed by atoms with Crippen molar-refractivity contribution in [2.45, 2.75) is 19.8 Å². The average Bonchev–Trinajstić information content (AvgIpc) is 3.26. The predicted octanol–water partition coefficient (Wildman–Crippen LogP) is 2.94. The number of fused-ring (bicyclic) bond motifs is 1. The number of amides is 1. The molecular formula is C20H19ClN4O3. The van der Waals surface area contributed by atoms with Crippen LogP contribution in [0.2, 0.25) is 5.02 Å². The third-order valence-corrected chi connectivity index (χ3v) is 5.55. The Hall–Kier alpha value is -2.93. The lowest BCUT2D eigenvalue weighted by atomic mass is 9.89. The van der Waals surface area contributed by atoms with E-state index in [9.17, 15) is 14.7 Å². The molecule has 7 nitrogen and oxygen atoms in total. The van der Waals surface area contributed by atoms with E-state index in [0.29, 0.717) is 28.5 Å². The largest absolute Gasteiger partial charge is 0.481 e. The molecule has 0 saturated carbocycles. The summed E-state index contributed by atoms with van der Waals surface area (Å²) < 4.78 is 1.64. The molecule has 1 aromatic carbocycles. The first kappa shape index (κ1) is 18.4. The average molecular weight is 399 g/mol. The van der Waals surface area contributed by atoms with Crippen LogP contribution in [0.25, 0.3) is 5.65 Å². The van der Waals surface area contributed by atoms with E-state index in [1.165, 1.54) is 0 Å². The van der Waals surface area contributed by atoms with Crippen LogP contribution in [0.3, 0.4) is 0 Å². The molecule has 2 atom stereocenters. The first-order chi connectivity index (χ1) is 13.3. The number of aromatic nitrogens is 3. The zero-order valence-electron chi connectivity index (χ0n) is 15.5. The van der Waals surface area contributed by atoms with Gasteiger partial charge < -0.3 is 10.0 Å². The van der Waals surface area contributed by atoms with Crippen LogP contribution in [-0.4, -0.2) is 49.6 Å². The van der Waals surface area contributed by atoms with E-state index in [-0.39, 0.29) is 18.4 Å². The van der Waals surface area contributed by atoms with Gasteiger partial charge in [0.05, 0.1) is 22.9 Å². The Kier molecular flexibility index (Phi) is 4.55. The van der Waals surface area contributed by atoms with Crippen LogP contribution in [-0.2, 0) is 4.79 Å². The number of aliphatic carboxylic acids is 1. The number of benzene rings is 1. The van der Waals surface area contributed by atoms with Gasteiger partial charge in [0.1, 0.15) is 0 Å². The summed E-state index contributed by atoms with van der Waals surface area (Å²) in [5.74, 6) is -2.11. The number of hydrogen-bond donors (Lipinski definition) is 1. The molecule has 3 heterocycles. The van der Waals surface area contributed by atoms with Crippen molar-refractivity contribution in [3.63, 3.8) is 0 Å². The second-order valence-electron chi connectivity index (χ2n) is 7.13. The Morgan fingerprint density at radius 2 is 1.89 bits per heavy atom. The molecule has 1 N–H and O–H groups in total. The van der Waals surface area contributed by atoms with Crippen molar-refractivity contribution in [1.29, 1.82) is 0 Å². The molecule has 1 fully saturated rings. The highest BCUT2D eigenvalue weighted by Gasteiger charge is 2.41. The van der Waals surface area contributed by atoms with E-state index in [0.717, 1.165) is 11.3 Å². The summed E-state index contributed by atoms with van der Waals surface area (Å²) in [6.07, 6.45) is 1.54. The van der Waals surface area contributed by atoms with Gasteiger partial charge in [-0.1, -0.05) is 23.7 Å². The number of nitrogens with zero attached hydrogens (tertiary/aromatic N) is 4. The molecule has 1 aliphatic rings. The fourth-order valence-corrected chi connectivity index (χ4v) is 3.94. The summed E-state index contributed by atoms with van der Waals surface area (Å²) in [5.41, 5.74) is 3.46. The number of aryl methyl sites for hydroxylation is 2. The number of carbonyl (C=O) groups is 2. The maximum Gasteiger partial charge on any atom is 0.308 e. The second kappa shape index (κ2) is 6.91. The third kappa shape index (κ3) is 3.11. The Morgan fingerprint density at radius 1 is 1.18 bits per heavy atom. The first-order valence-electron chi connectivity index (χ1n) is 8.94. The Morgan fingerprint density at radius 3 is 2.57 bits per heavy atom. The van der Waals surface area contributed by atoms with Gasteiger partial charge in [-0.2, -0.15) is 5.10 Å². The van der Waals surface area contributed by atoms with E-state index < -0.39 is 11.9 Å². The predicted molar refractivity (Wildman–Crippen MR) is 104 cm³/mol. The van der Waals surface area contributed by atoms with Gasteiger partial charge in [0.2, 0.25) is 0 Å². The number of likely N-dealkylation sites (tertiary alicyclic amines) is 1. The van der Waals surface area contributed by atoms with Crippen LogP contribution < -0.4 is 0 Å². The smallest absolute Gasteiger partial charge is 0.308 e. The summed E-state index contributed by atoms with van der Waals surface area (Å²) in [6.45, 7) is 4.16. The molecular weight excluding hydrogens is 380 g/mol. The van der Waals surface area contributed by atoms with Crippen LogP contribution in [0.1, 0.15) is 33.2 Å². The molecule has 1 aliphatic heterocycles. The maximum atomic E-state index is 13.1. The van der Waals surface area contributed by atoms with E-state index >= 15 is 0 Å². The number of carboxylic acids is 1. The minimum atomic E-state index is -0.914. The monoisotopic (exact) mass is 398 g/mol. The quantitative estimate of drug-likeness (QED) is 0.732. The fourth-order valence-electron chi connectivity index (χ4n) is 3.81. The van der Waals surface area contributed by atoms with Crippen LogP contribution in [0, 0.1) is 19.8 Å². The first-order valence-corrected chi connectivity index (χ1v) is 9.32. The molecule has 0 bridgehead atoms. The van der Waals surface area contributed by atoms with Gasteiger partial charge in [0.15, 0.2) is 5.65 Å². The Balaban J connectivity index is 1.66. The van der Waals surface area contributed by atoms with E-state index in [2.05, 4.69) is 10.1 Å². The molecule has 144 valence electrons. The number of carboxylic acid groups (broad SMARTS) is 1. The minimum Gasteiger partial charge on any atom is -0.481 e. The summed E-state index contributed by atoms with van der Waals surface area (Å²) in [5, 5.41) is 14.6. The lowest BCUT2D eigenvalue weighted by Crippen LogP contribution is -2.31. The van der Waals surface area contributed by atoms with Crippen LogP contribution >= 0.6 is 11.6 Å². The van der Waals surface area contributed by atoms with Gasteiger partial charge in [0, 0.05) is 36.3 Å². The molecule has 0 aliphatic carbocycles. The Labute approximate surface area is 166 Å². The molecule has 1 saturated heterocycles. The van der Waals surface area contributed by atoms with Crippen LogP contribution in [0.4, 0.5) is 0 Å². The molecule has 1 amide bonds. The van der Waals surface area contributed by atoms with Crippen molar-refractivity contribution < 1.29 is 14.7 Å². The number of carbonyl (C=O) groups excluding carboxylic acids is 1. The highest BCUT2D eigenvalue weighted by atomic mass is 35.5. The number of halogens is 1. The number of rotatable bonds is 3. The second-order valence-corrected chi connectivity index (χ2v) is 7.56. The van der Waals surface area contributed by atoms with E-state index in [1.54, 1.807) is 27.7 Å². The molecule has 8 heteroatoms. The van der Waals surface area contributed by atoms with E-state index in [4.69, 9.17) is 11.6 Å². The molecule has 0 unspecified atom stereocenters. The fraction of sp³-hybridized carbons (Fsp3) is 0.300. The highest BCUT2D eigenvalue weighted by molar-refractivity contribution is 6.30. The SMILES string of the molecule is Cc1cc2ncc(C(=O)N3C[C@@H](C(=O)O)[C@H](c4ccc(Cl)cc4)C3)c(C)n2n1. The van der Waals surface area contributed by atoms with Crippen molar-refractivity contribution in [3.8, 4) is 0 Å². The number of hydrogen-bond acceptors (Lipinski definition) is 4. The summed E-state index contributed by atoms with van der Waals surface area (Å²) in [6, 6.07) is 8.96. The lowest BCUT2D eigenvalue weighted by Gasteiger charge is -2.18. The van der Waals surface area contributed by atoms with Crippen molar-refractivity contribution in [2.75, 3.05) is 13.1 Å². The lowest BCUT2D eigenvalue weighted by molar-refractivity contribution is -0.141. The standard InChI is InChI=1S/C20H19ClN4O3/c1-11-7-18-22-8-15(12(2)25(18)23-11)19(26)24-9-16(17(10-24)20(27)28)13-3-5-14(21)6-4-13/h3-8,16-17H,9-10H2,1-2H3,(H,27,28)/t16-,17+/m0/s1. The Bertz CT molecular complexity index is 1080. The molecule has 2 aromatic heterocycles. The van der Waals surface area contributed by atoms with Crippen molar-refractivity contribution in [1.82, 2.24) is 19.5 Å². The minimum absolute atomic E-state index is 0.150. The van der Waals surface area contributed by atoms with Gasteiger partial charge in [-0.15, -0.1) is 0 Å². The third-order valence-electron chi connectivity index (χ3n) is 5.30. The zero-order valence-corrected chi connectivity index (χ0v) is 16.2. The van der Waals surface area contributed by atoms with E-state index in [1.807, 2.05) is 32.0 Å². The van der Waals surface area contributed by atoms with Gasteiger partial charge in [-0.3, -0.25) is 9.59 Å². The van der Waals surface area contributed by atoms with Gasteiger partial charge in [-0.05, 0) is 31.5 Å². The molecule has 0 spiro atoms. The zero-order chi connectivity index (χ0) is 20.0. The van der Waals surface area contributed by atoms with Crippen LogP contribution in [0.5, 0.6) is 0 Å².